The summed E-state index contributed by atoms with van der Waals surface area (Å²) in [6, 6.07) is -0.588. The highest BCUT2D eigenvalue weighted by molar-refractivity contribution is 5.84. The van der Waals surface area contributed by atoms with Gasteiger partial charge in [0.15, 0.2) is 0 Å². The summed E-state index contributed by atoms with van der Waals surface area (Å²) in [6.07, 6.45) is -0.589. The van der Waals surface area contributed by atoms with E-state index in [4.69, 9.17) is 4.74 Å². The Kier molecular flexibility index (Phi) is 4.40. The molecular weight excluding hydrogens is 184 g/mol. The van der Waals surface area contributed by atoms with Crippen molar-refractivity contribution in [3.63, 3.8) is 0 Å². The van der Waals surface area contributed by atoms with Crippen molar-refractivity contribution in [3.8, 4) is 0 Å². The third-order valence-electron chi connectivity index (χ3n) is 1.37. The summed E-state index contributed by atoms with van der Waals surface area (Å²) in [7, 11) is 1.51. The second kappa shape index (κ2) is 4.83. The molecule has 0 radical (unpaired) electrons. The molecule has 2 N–H and O–H groups in total. The van der Waals surface area contributed by atoms with E-state index in [9.17, 15) is 9.59 Å². The van der Waals surface area contributed by atoms with Gasteiger partial charge in [-0.25, -0.2) is 4.79 Å². The molecule has 0 spiro atoms. The number of carbonyl (C=O) groups is 2. The number of alkyl carbamates (subject to hydrolysis) is 1. The molecule has 0 aromatic rings. The van der Waals surface area contributed by atoms with Gasteiger partial charge in [-0.3, -0.25) is 4.79 Å². The van der Waals surface area contributed by atoms with Crippen LogP contribution >= 0.6 is 0 Å². The lowest BCUT2D eigenvalue weighted by molar-refractivity contribution is -0.122. The highest BCUT2D eigenvalue weighted by atomic mass is 16.6. The minimum absolute atomic E-state index is 0.254. The Morgan fingerprint density at radius 3 is 2.14 bits per heavy atom. The molecule has 0 rings (SSSR count). The maximum absolute atomic E-state index is 11.2. The van der Waals surface area contributed by atoms with E-state index in [1.165, 1.54) is 7.05 Å². The SMILES string of the molecule is CNC(=O)C(C)NC(=O)OC(C)(C)C. The summed E-state index contributed by atoms with van der Waals surface area (Å²) in [6.45, 7) is 6.87. The Hall–Kier alpha value is -1.26. The van der Waals surface area contributed by atoms with Gasteiger partial charge in [0.25, 0.3) is 0 Å². The van der Waals surface area contributed by atoms with Crippen LogP contribution in [0.15, 0.2) is 0 Å². The quantitative estimate of drug-likeness (QED) is 0.690. The van der Waals surface area contributed by atoms with E-state index >= 15 is 0 Å². The van der Waals surface area contributed by atoms with Crippen LogP contribution in [0, 0.1) is 0 Å². The molecule has 0 fully saturated rings. The molecule has 82 valence electrons. The zero-order chi connectivity index (χ0) is 11.4. The van der Waals surface area contributed by atoms with Crippen molar-refractivity contribution in [1.29, 1.82) is 0 Å². The Labute approximate surface area is 84.2 Å². The number of hydrogen-bond acceptors (Lipinski definition) is 3. The fourth-order valence-corrected chi connectivity index (χ4v) is 0.766. The topological polar surface area (TPSA) is 67.4 Å². The first-order chi connectivity index (χ1) is 6.26. The van der Waals surface area contributed by atoms with Gasteiger partial charge in [-0.15, -0.1) is 0 Å². The van der Waals surface area contributed by atoms with Crippen molar-refractivity contribution in [1.82, 2.24) is 10.6 Å². The Morgan fingerprint density at radius 1 is 1.29 bits per heavy atom. The molecule has 0 saturated heterocycles. The van der Waals surface area contributed by atoms with Crippen molar-refractivity contribution < 1.29 is 14.3 Å². The van der Waals surface area contributed by atoms with Crippen LogP contribution in [-0.4, -0.2) is 30.7 Å². The summed E-state index contributed by atoms with van der Waals surface area (Å²) in [4.78, 5) is 22.2. The van der Waals surface area contributed by atoms with Gasteiger partial charge in [0, 0.05) is 7.05 Å². The maximum Gasteiger partial charge on any atom is 0.408 e. The van der Waals surface area contributed by atoms with Crippen LogP contribution in [-0.2, 0) is 9.53 Å². The molecule has 0 heterocycles. The normalized spacial score (nSPS) is 12.9. The maximum atomic E-state index is 11.2. The van der Waals surface area contributed by atoms with E-state index in [1.807, 2.05) is 0 Å². The zero-order valence-corrected chi connectivity index (χ0v) is 9.30. The van der Waals surface area contributed by atoms with Crippen molar-refractivity contribution in [2.75, 3.05) is 7.05 Å². The lowest BCUT2D eigenvalue weighted by Gasteiger charge is -2.21. The van der Waals surface area contributed by atoms with E-state index in [-0.39, 0.29) is 5.91 Å². The monoisotopic (exact) mass is 202 g/mol. The largest absolute Gasteiger partial charge is 0.444 e. The molecule has 0 bridgehead atoms. The van der Waals surface area contributed by atoms with Crippen LogP contribution in [0.25, 0.3) is 0 Å². The first-order valence-corrected chi connectivity index (χ1v) is 4.47. The molecule has 0 aromatic heterocycles. The molecule has 5 heteroatoms. The molecule has 1 atom stereocenters. The number of amides is 2. The number of hydrogen-bond donors (Lipinski definition) is 2. The van der Waals surface area contributed by atoms with Gasteiger partial charge in [0.2, 0.25) is 5.91 Å². The number of rotatable bonds is 2. The molecule has 0 aliphatic carbocycles. The Bertz CT molecular complexity index is 221. The van der Waals surface area contributed by atoms with E-state index < -0.39 is 17.7 Å². The molecular formula is C9H18N2O3. The molecule has 5 nitrogen and oxygen atoms in total. The van der Waals surface area contributed by atoms with Gasteiger partial charge in [-0.2, -0.15) is 0 Å². The van der Waals surface area contributed by atoms with E-state index in [0.29, 0.717) is 0 Å². The molecule has 2 amide bonds. The molecule has 0 saturated carbocycles. The van der Waals surface area contributed by atoms with E-state index in [1.54, 1.807) is 27.7 Å². The first kappa shape index (κ1) is 12.7. The second-order valence-corrected chi connectivity index (χ2v) is 3.98. The number of ether oxygens (including phenoxy) is 1. The summed E-state index contributed by atoms with van der Waals surface area (Å²) >= 11 is 0. The fourth-order valence-electron chi connectivity index (χ4n) is 0.766. The Balaban J connectivity index is 4.01. The van der Waals surface area contributed by atoms with Crippen LogP contribution in [0.2, 0.25) is 0 Å². The Morgan fingerprint density at radius 2 is 1.79 bits per heavy atom. The van der Waals surface area contributed by atoms with Crippen molar-refractivity contribution in [3.05, 3.63) is 0 Å². The fraction of sp³-hybridized carbons (Fsp3) is 0.778. The van der Waals surface area contributed by atoms with Crippen LogP contribution in [0.4, 0.5) is 4.79 Å². The summed E-state index contributed by atoms with van der Waals surface area (Å²) in [5, 5.41) is 4.84. The van der Waals surface area contributed by atoms with Gasteiger partial charge >= 0.3 is 6.09 Å². The van der Waals surface area contributed by atoms with Crippen LogP contribution in [0.1, 0.15) is 27.7 Å². The molecule has 0 aromatic carbocycles. The van der Waals surface area contributed by atoms with Gasteiger partial charge in [-0.1, -0.05) is 0 Å². The third-order valence-corrected chi connectivity index (χ3v) is 1.37. The number of nitrogens with one attached hydrogen (secondary N) is 2. The molecule has 1 unspecified atom stereocenters. The second-order valence-electron chi connectivity index (χ2n) is 3.98. The summed E-state index contributed by atoms with van der Waals surface area (Å²) < 4.78 is 4.97. The van der Waals surface area contributed by atoms with E-state index in [2.05, 4.69) is 10.6 Å². The first-order valence-electron chi connectivity index (χ1n) is 4.47. The average Bonchev–Trinajstić information content (AvgIpc) is 1.99. The molecule has 0 aliphatic rings. The predicted molar refractivity (Wildman–Crippen MR) is 52.9 cm³/mol. The molecule has 14 heavy (non-hydrogen) atoms. The van der Waals surface area contributed by atoms with Crippen LogP contribution in [0.3, 0.4) is 0 Å². The highest BCUT2D eigenvalue weighted by Crippen LogP contribution is 2.06. The van der Waals surface area contributed by atoms with Crippen molar-refractivity contribution in [2.45, 2.75) is 39.3 Å². The van der Waals surface area contributed by atoms with Crippen LogP contribution < -0.4 is 10.6 Å². The minimum atomic E-state index is -0.589. The number of likely N-dealkylation sites (N-methyl/N-ethyl adjacent to an activating group) is 1. The highest BCUT2D eigenvalue weighted by Gasteiger charge is 2.19. The zero-order valence-electron chi connectivity index (χ0n) is 9.30. The summed E-state index contributed by atoms with van der Waals surface area (Å²) in [5.41, 5.74) is -0.549. The lowest BCUT2D eigenvalue weighted by atomic mass is 10.2. The van der Waals surface area contributed by atoms with Gasteiger partial charge in [0.1, 0.15) is 11.6 Å². The van der Waals surface area contributed by atoms with Gasteiger partial charge in [0.05, 0.1) is 0 Å². The van der Waals surface area contributed by atoms with Gasteiger partial charge < -0.3 is 15.4 Å². The third kappa shape index (κ3) is 5.40. The van der Waals surface area contributed by atoms with Crippen molar-refractivity contribution >= 4 is 12.0 Å². The molecule has 0 aliphatic heterocycles. The minimum Gasteiger partial charge on any atom is -0.444 e. The standard InChI is InChI=1S/C9H18N2O3/c1-6(7(12)10-5)11-8(13)14-9(2,3)4/h6H,1-5H3,(H,10,12)(H,11,13). The number of carbonyl (C=O) groups excluding carboxylic acids is 2. The van der Waals surface area contributed by atoms with E-state index in [0.717, 1.165) is 0 Å². The summed E-state index contributed by atoms with van der Waals surface area (Å²) in [5.74, 6) is -0.254. The smallest absolute Gasteiger partial charge is 0.408 e. The van der Waals surface area contributed by atoms with Crippen LogP contribution in [0.5, 0.6) is 0 Å². The van der Waals surface area contributed by atoms with Crippen molar-refractivity contribution in [2.24, 2.45) is 0 Å². The average molecular weight is 202 g/mol. The lowest BCUT2D eigenvalue weighted by Crippen LogP contribution is -2.45. The predicted octanol–water partition coefficient (Wildman–Crippen LogP) is 0.646. The van der Waals surface area contributed by atoms with Gasteiger partial charge in [-0.05, 0) is 27.7 Å².